The Hall–Kier alpha value is -2.66. The van der Waals surface area contributed by atoms with E-state index in [1.165, 1.54) is 18.2 Å². The molecule has 0 unspecified atom stereocenters. The first kappa shape index (κ1) is 13.0. The van der Waals surface area contributed by atoms with E-state index in [1.807, 2.05) is 12.1 Å². The van der Waals surface area contributed by atoms with Gasteiger partial charge in [-0.25, -0.2) is 8.42 Å². The molecule has 1 heterocycles. The maximum atomic E-state index is 12.8. The average Bonchev–Trinajstić information content (AvgIpc) is 2.87. The molecular weight excluding hydrogens is 298 g/mol. The summed E-state index contributed by atoms with van der Waals surface area (Å²) in [6.07, 6.45) is 0. The van der Waals surface area contributed by atoms with Crippen molar-refractivity contribution in [2.24, 2.45) is 0 Å². The SMILES string of the molecule is O=C1Nc2cccc3ccc(S(=O)(=O)c4ccccc4)c1c23. The molecule has 22 heavy (non-hydrogen) atoms. The van der Waals surface area contributed by atoms with Crippen LogP contribution in [0, 0.1) is 0 Å². The Morgan fingerprint density at radius 3 is 2.36 bits per heavy atom. The normalized spacial score (nSPS) is 13.4. The highest BCUT2D eigenvalue weighted by Crippen LogP contribution is 2.38. The van der Waals surface area contributed by atoms with E-state index in [1.54, 1.807) is 30.3 Å². The molecule has 4 nitrogen and oxygen atoms in total. The Morgan fingerprint density at radius 2 is 1.59 bits per heavy atom. The van der Waals surface area contributed by atoms with Crippen LogP contribution in [0.5, 0.6) is 0 Å². The van der Waals surface area contributed by atoms with Gasteiger partial charge in [0.05, 0.1) is 15.4 Å². The van der Waals surface area contributed by atoms with E-state index < -0.39 is 9.84 Å². The minimum Gasteiger partial charge on any atom is -0.321 e. The van der Waals surface area contributed by atoms with Crippen molar-refractivity contribution in [1.82, 2.24) is 0 Å². The lowest BCUT2D eigenvalue weighted by atomic mass is 10.1. The Bertz CT molecular complexity index is 1020. The van der Waals surface area contributed by atoms with Gasteiger partial charge in [-0.3, -0.25) is 4.79 Å². The van der Waals surface area contributed by atoms with Gasteiger partial charge < -0.3 is 5.32 Å². The summed E-state index contributed by atoms with van der Waals surface area (Å²) in [6, 6.07) is 16.9. The molecule has 1 aliphatic heterocycles. The van der Waals surface area contributed by atoms with Crippen molar-refractivity contribution in [3.8, 4) is 0 Å². The number of hydrogen-bond acceptors (Lipinski definition) is 3. The summed E-state index contributed by atoms with van der Waals surface area (Å²) in [7, 11) is -3.73. The van der Waals surface area contributed by atoms with E-state index in [-0.39, 0.29) is 21.3 Å². The maximum Gasteiger partial charge on any atom is 0.257 e. The second-order valence-electron chi connectivity index (χ2n) is 5.11. The summed E-state index contributed by atoms with van der Waals surface area (Å²) in [5, 5.41) is 4.25. The minimum atomic E-state index is -3.73. The van der Waals surface area contributed by atoms with Crippen LogP contribution < -0.4 is 5.32 Å². The number of sulfone groups is 1. The smallest absolute Gasteiger partial charge is 0.257 e. The van der Waals surface area contributed by atoms with E-state index in [0.717, 1.165) is 5.39 Å². The maximum absolute atomic E-state index is 12.8. The molecule has 0 saturated heterocycles. The lowest BCUT2D eigenvalue weighted by molar-refractivity contribution is 0.102. The average molecular weight is 309 g/mol. The van der Waals surface area contributed by atoms with Gasteiger partial charge in [0, 0.05) is 11.1 Å². The summed E-state index contributed by atoms with van der Waals surface area (Å²) in [5.41, 5.74) is 0.888. The molecule has 0 bridgehead atoms. The summed E-state index contributed by atoms with van der Waals surface area (Å²) in [6.45, 7) is 0. The predicted octanol–water partition coefficient (Wildman–Crippen LogP) is 3.24. The number of hydrogen-bond donors (Lipinski definition) is 1. The number of anilines is 1. The lowest BCUT2D eigenvalue weighted by Gasteiger charge is -2.08. The van der Waals surface area contributed by atoms with Crippen LogP contribution in [-0.2, 0) is 9.84 Å². The van der Waals surface area contributed by atoms with Crippen molar-refractivity contribution in [2.45, 2.75) is 9.79 Å². The molecule has 0 atom stereocenters. The standard InChI is InChI=1S/C17H11NO3S/c19-17-16-14(22(20,21)12-6-2-1-3-7-12)10-9-11-5-4-8-13(18-17)15(11)16/h1-10H,(H,18,19). The van der Waals surface area contributed by atoms with E-state index in [4.69, 9.17) is 0 Å². The highest BCUT2D eigenvalue weighted by molar-refractivity contribution is 7.91. The molecule has 1 amide bonds. The van der Waals surface area contributed by atoms with Gasteiger partial charge in [0.15, 0.2) is 0 Å². The lowest BCUT2D eigenvalue weighted by Crippen LogP contribution is -2.11. The fraction of sp³-hybridized carbons (Fsp3) is 0. The van der Waals surface area contributed by atoms with Gasteiger partial charge in [0.25, 0.3) is 5.91 Å². The second-order valence-corrected chi connectivity index (χ2v) is 7.03. The van der Waals surface area contributed by atoms with Crippen molar-refractivity contribution < 1.29 is 13.2 Å². The Morgan fingerprint density at radius 1 is 0.818 bits per heavy atom. The Balaban J connectivity index is 2.07. The Kier molecular flexibility index (Phi) is 2.62. The van der Waals surface area contributed by atoms with E-state index in [9.17, 15) is 13.2 Å². The highest BCUT2D eigenvalue weighted by atomic mass is 32.2. The summed E-state index contributed by atoms with van der Waals surface area (Å²) >= 11 is 0. The molecule has 1 aliphatic rings. The first-order valence-corrected chi connectivity index (χ1v) is 8.24. The van der Waals surface area contributed by atoms with Crippen molar-refractivity contribution in [2.75, 3.05) is 5.32 Å². The molecular formula is C17H11NO3S. The highest BCUT2D eigenvalue weighted by Gasteiger charge is 2.31. The predicted molar refractivity (Wildman–Crippen MR) is 83.8 cm³/mol. The van der Waals surface area contributed by atoms with Gasteiger partial charge in [0.1, 0.15) is 0 Å². The molecule has 0 aliphatic carbocycles. The van der Waals surface area contributed by atoms with Crippen LogP contribution in [0.3, 0.4) is 0 Å². The molecule has 0 fully saturated rings. The van der Waals surface area contributed by atoms with Gasteiger partial charge in [-0.2, -0.15) is 0 Å². The van der Waals surface area contributed by atoms with Gasteiger partial charge in [0.2, 0.25) is 9.84 Å². The first-order chi connectivity index (χ1) is 10.6. The van der Waals surface area contributed by atoms with E-state index in [0.29, 0.717) is 11.1 Å². The first-order valence-electron chi connectivity index (χ1n) is 6.76. The van der Waals surface area contributed by atoms with Gasteiger partial charge in [-0.05, 0) is 29.7 Å². The summed E-state index contributed by atoms with van der Waals surface area (Å²) in [5.74, 6) is -0.374. The molecule has 0 aromatic heterocycles. The third-order valence-corrected chi connectivity index (χ3v) is 5.64. The largest absolute Gasteiger partial charge is 0.321 e. The van der Waals surface area contributed by atoms with Gasteiger partial charge in [-0.1, -0.05) is 36.4 Å². The number of nitrogens with one attached hydrogen (secondary N) is 1. The van der Waals surface area contributed by atoms with Crippen molar-refractivity contribution in [3.05, 3.63) is 66.2 Å². The minimum absolute atomic E-state index is 0.0497. The van der Waals surface area contributed by atoms with Crippen molar-refractivity contribution in [1.29, 1.82) is 0 Å². The number of carbonyl (C=O) groups is 1. The van der Waals surface area contributed by atoms with Crippen molar-refractivity contribution >= 4 is 32.2 Å². The van der Waals surface area contributed by atoms with Crippen LogP contribution >= 0.6 is 0 Å². The molecule has 3 aromatic rings. The molecule has 4 rings (SSSR count). The monoisotopic (exact) mass is 309 g/mol. The number of amides is 1. The third kappa shape index (κ3) is 1.69. The van der Waals surface area contributed by atoms with Crippen molar-refractivity contribution in [3.63, 3.8) is 0 Å². The summed E-state index contributed by atoms with van der Waals surface area (Å²) in [4.78, 5) is 12.5. The number of benzene rings is 3. The number of rotatable bonds is 2. The number of carbonyl (C=O) groups excluding carboxylic acids is 1. The topological polar surface area (TPSA) is 63.2 Å². The van der Waals surface area contributed by atoms with Crippen LogP contribution in [0.15, 0.2) is 70.5 Å². The summed E-state index contributed by atoms with van der Waals surface area (Å²) < 4.78 is 25.7. The van der Waals surface area contributed by atoms with Crippen LogP contribution in [-0.4, -0.2) is 14.3 Å². The fourth-order valence-electron chi connectivity index (χ4n) is 2.83. The van der Waals surface area contributed by atoms with Crippen LogP contribution in [0.4, 0.5) is 5.69 Å². The molecule has 0 saturated carbocycles. The van der Waals surface area contributed by atoms with E-state index in [2.05, 4.69) is 5.32 Å². The third-order valence-electron chi connectivity index (χ3n) is 3.83. The quantitative estimate of drug-likeness (QED) is 0.790. The van der Waals surface area contributed by atoms with Gasteiger partial charge in [-0.15, -0.1) is 0 Å². The molecule has 108 valence electrons. The molecule has 1 N–H and O–H groups in total. The van der Waals surface area contributed by atoms with E-state index >= 15 is 0 Å². The second kappa shape index (κ2) is 4.42. The molecule has 0 spiro atoms. The zero-order valence-corrected chi connectivity index (χ0v) is 12.2. The fourth-order valence-corrected chi connectivity index (χ4v) is 4.31. The Labute approximate surface area is 127 Å². The molecule has 0 radical (unpaired) electrons. The van der Waals surface area contributed by atoms with Crippen LogP contribution in [0.2, 0.25) is 0 Å². The van der Waals surface area contributed by atoms with Crippen LogP contribution in [0.1, 0.15) is 10.4 Å². The van der Waals surface area contributed by atoms with Gasteiger partial charge >= 0.3 is 0 Å². The molecule has 3 aromatic carbocycles. The van der Waals surface area contributed by atoms with Crippen LogP contribution in [0.25, 0.3) is 10.8 Å². The molecule has 5 heteroatoms. The zero-order valence-electron chi connectivity index (χ0n) is 11.4. The zero-order chi connectivity index (χ0) is 15.3.